The third kappa shape index (κ3) is 3.69. The van der Waals surface area contributed by atoms with Crippen molar-refractivity contribution in [1.29, 1.82) is 0 Å². The first kappa shape index (κ1) is 12.8. The molecule has 1 aromatic heterocycles. The molecule has 1 atom stereocenters. The molecule has 0 aliphatic heterocycles. The van der Waals surface area contributed by atoms with Crippen molar-refractivity contribution in [3.05, 3.63) is 28.4 Å². The largest absolute Gasteiger partial charge is 0.386 e. The summed E-state index contributed by atoms with van der Waals surface area (Å²) in [6.45, 7) is 2.82. The molecule has 5 nitrogen and oxygen atoms in total. The maximum absolute atomic E-state index is 10.7. The van der Waals surface area contributed by atoms with Gasteiger partial charge in [-0.2, -0.15) is 11.8 Å². The monoisotopic (exact) mass is 241 g/mol. The lowest BCUT2D eigenvalue weighted by molar-refractivity contribution is -0.388. The molecule has 1 N–H and O–H groups in total. The van der Waals surface area contributed by atoms with Crippen molar-refractivity contribution in [2.75, 3.05) is 23.9 Å². The van der Waals surface area contributed by atoms with E-state index in [1.54, 1.807) is 23.9 Å². The molecule has 88 valence electrons. The molecule has 0 saturated carbocycles. The molecule has 0 spiro atoms. The second kappa shape index (κ2) is 6.32. The van der Waals surface area contributed by atoms with Crippen LogP contribution < -0.4 is 5.32 Å². The van der Waals surface area contributed by atoms with Gasteiger partial charge in [-0.3, -0.25) is 0 Å². The normalized spacial score (nSPS) is 12.1. The highest BCUT2D eigenvalue weighted by Gasteiger charge is 2.14. The Morgan fingerprint density at radius 2 is 2.44 bits per heavy atom. The number of thioether (sulfide) groups is 1. The van der Waals surface area contributed by atoms with Gasteiger partial charge in [0.2, 0.25) is 0 Å². The van der Waals surface area contributed by atoms with E-state index in [1.165, 1.54) is 6.20 Å². The molecule has 16 heavy (non-hydrogen) atoms. The predicted molar refractivity (Wildman–Crippen MR) is 66.9 cm³/mol. The molecular formula is C10H15N3O2S. The Labute approximate surface area is 98.8 Å². The molecule has 6 heteroatoms. The van der Waals surface area contributed by atoms with Crippen LogP contribution in [0.4, 0.5) is 11.5 Å². The maximum Gasteiger partial charge on any atom is 0.386 e. The Hall–Kier alpha value is -1.30. The van der Waals surface area contributed by atoms with Gasteiger partial charge in [-0.05, 0) is 40.0 Å². The highest BCUT2D eigenvalue weighted by atomic mass is 32.2. The fraction of sp³-hybridized carbons (Fsp3) is 0.500. The van der Waals surface area contributed by atoms with Gasteiger partial charge in [-0.25, -0.2) is 0 Å². The van der Waals surface area contributed by atoms with Crippen LogP contribution in [0.1, 0.15) is 6.92 Å². The number of hydrogen-bond donors (Lipinski definition) is 1. The molecule has 0 saturated heterocycles. The number of aromatic nitrogens is 1. The summed E-state index contributed by atoms with van der Waals surface area (Å²) in [6.07, 6.45) is 3.47. The quantitative estimate of drug-likeness (QED) is 0.612. The summed E-state index contributed by atoms with van der Waals surface area (Å²) in [5.41, 5.74) is 0.487. The third-order valence-corrected chi connectivity index (χ3v) is 2.95. The SMILES string of the molecule is CSCC(C)CNc1cccnc1[N+](=O)[O-]. The molecule has 1 aromatic rings. The van der Waals surface area contributed by atoms with Crippen LogP contribution >= 0.6 is 11.8 Å². The minimum Gasteiger partial charge on any atom is -0.378 e. The molecule has 0 radical (unpaired) electrons. The molecule has 0 fully saturated rings. The molecule has 0 amide bonds. The summed E-state index contributed by atoms with van der Waals surface area (Å²) in [5, 5.41) is 13.8. The van der Waals surface area contributed by atoms with Gasteiger partial charge in [-0.1, -0.05) is 6.92 Å². The summed E-state index contributed by atoms with van der Waals surface area (Å²) in [4.78, 5) is 14.0. The number of rotatable bonds is 6. The number of nitrogens with one attached hydrogen (secondary N) is 1. The standard InChI is InChI=1S/C10H15N3O2S/c1-8(7-16-2)6-12-9-4-3-5-11-10(9)13(14)15/h3-5,8,12H,6-7H2,1-2H3. The smallest absolute Gasteiger partial charge is 0.378 e. The minimum absolute atomic E-state index is 0.112. The van der Waals surface area contributed by atoms with Gasteiger partial charge in [-0.15, -0.1) is 0 Å². The van der Waals surface area contributed by atoms with Gasteiger partial charge >= 0.3 is 5.82 Å². The van der Waals surface area contributed by atoms with E-state index in [0.717, 1.165) is 5.75 Å². The Morgan fingerprint density at radius 3 is 3.06 bits per heavy atom. The summed E-state index contributed by atoms with van der Waals surface area (Å²) in [5.74, 6) is 1.38. The predicted octanol–water partition coefficient (Wildman–Crippen LogP) is 2.40. The number of pyridine rings is 1. The van der Waals surface area contributed by atoms with E-state index in [4.69, 9.17) is 0 Å². The van der Waals surface area contributed by atoms with E-state index >= 15 is 0 Å². The third-order valence-electron chi connectivity index (χ3n) is 2.05. The Balaban J connectivity index is 2.63. The lowest BCUT2D eigenvalue weighted by Crippen LogP contribution is -2.14. The van der Waals surface area contributed by atoms with Gasteiger partial charge in [0, 0.05) is 6.54 Å². The first-order valence-electron chi connectivity index (χ1n) is 4.97. The van der Waals surface area contributed by atoms with Crippen LogP contribution in [-0.2, 0) is 0 Å². The van der Waals surface area contributed by atoms with Crippen LogP contribution in [0.5, 0.6) is 0 Å². The summed E-state index contributed by atoms with van der Waals surface area (Å²) < 4.78 is 0. The van der Waals surface area contributed by atoms with Gasteiger partial charge in [0.15, 0.2) is 0 Å². The van der Waals surface area contributed by atoms with E-state index in [0.29, 0.717) is 18.2 Å². The molecule has 0 bridgehead atoms. The van der Waals surface area contributed by atoms with Crippen molar-refractivity contribution < 1.29 is 4.92 Å². The fourth-order valence-electron chi connectivity index (χ4n) is 1.31. The van der Waals surface area contributed by atoms with Crippen LogP contribution in [-0.4, -0.2) is 28.5 Å². The molecule has 1 unspecified atom stereocenters. The molecular weight excluding hydrogens is 226 g/mol. The topological polar surface area (TPSA) is 68.1 Å². The zero-order chi connectivity index (χ0) is 12.0. The van der Waals surface area contributed by atoms with E-state index in [-0.39, 0.29) is 5.82 Å². The van der Waals surface area contributed by atoms with Crippen molar-refractivity contribution in [2.45, 2.75) is 6.92 Å². The fourth-order valence-corrected chi connectivity index (χ4v) is 1.99. The van der Waals surface area contributed by atoms with Crippen molar-refractivity contribution in [2.24, 2.45) is 5.92 Å². The van der Waals surface area contributed by atoms with Gasteiger partial charge in [0.1, 0.15) is 11.9 Å². The first-order chi connectivity index (χ1) is 7.65. The average molecular weight is 241 g/mol. The summed E-state index contributed by atoms with van der Waals surface area (Å²) in [7, 11) is 0. The van der Waals surface area contributed by atoms with E-state index in [1.807, 2.05) is 6.26 Å². The number of hydrogen-bond acceptors (Lipinski definition) is 5. The lowest BCUT2D eigenvalue weighted by atomic mass is 10.2. The average Bonchev–Trinajstić information content (AvgIpc) is 2.27. The minimum atomic E-state index is -0.471. The van der Waals surface area contributed by atoms with E-state index < -0.39 is 4.92 Å². The molecule has 1 heterocycles. The van der Waals surface area contributed by atoms with Crippen LogP contribution in [0.2, 0.25) is 0 Å². The van der Waals surface area contributed by atoms with E-state index in [2.05, 4.69) is 17.2 Å². The van der Waals surface area contributed by atoms with Crippen molar-refractivity contribution in [3.8, 4) is 0 Å². The molecule has 0 aliphatic rings. The number of anilines is 1. The highest BCUT2D eigenvalue weighted by Crippen LogP contribution is 2.20. The summed E-state index contributed by atoms with van der Waals surface area (Å²) in [6, 6.07) is 3.37. The van der Waals surface area contributed by atoms with Crippen LogP contribution in [0.15, 0.2) is 18.3 Å². The second-order valence-corrected chi connectivity index (χ2v) is 4.48. The van der Waals surface area contributed by atoms with Crippen molar-refractivity contribution in [3.63, 3.8) is 0 Å². The number of nitro groups is 1. The van der Waals surface area contributed by atoms with Gasteiger partial charge in [0.25, 0.3) is 0 Å². The maximum atomic E-state index is 10.7. The first-order valence-corrected chi connectivity index (χ1v) is 6.36. The Morgan fingerprint density at radius 1 is 1.69 bits per heavy atom. The second-order valence-electron chi connectivity index (χ2n) is 3.57. The number of nitrogens with zero attached hydrogens (tertiary/aromatic N) is 2. The van der Waals surface area contributed by atoms with Crippen LogP contribution in [0.25, 0.3) is 0 Å². The van der Waals surface area contributed by atoms with Crippen molar-refractivity contribution >= 4 is 23.3 Å². The molecule has 1 rings (SSSR count). The highest BCUT2D eigenvalue weighted by molar-refractivity contribution is 7.98. The van der Waals surface area contributed by atoms with E-state index in [9.17, 15) is 10.1 Å². The van der Waals surface area contributed by atoms with Crippen molar-refractivity contribution in [1.82, 2.24) is 4.98 Å². The molecule has 0 aliphatic carbocycles. The lowest BCUT2D eigenvalue weighted by Gasteiger charge is -2.11. The zero-order valence-corrected chi connectivity index (χ0v) is 10.2. The zero-order valence-electron chi connectivity index (χ0n) is 9.34. The summed E-state index contributed by atoms with van der Waals surface area (Å²) >= 11 is 1.77. The Bertz CT molecular complexity index is 360. The Kier molecular flexibility index (Phi) is 5.04. The van der Waals surface area contributed by atoms with Gasteiger partial charge in [0.05, 0.1) is 0 Å². The van der Waals surface area contributed by atoms with Crippen LogP contribution in [0, 0.1) is 16.0 Å². The van der Waals surface area contributed by atoms with Crippen LogP contribution in [0.3, 0.4) is 0 Å². The molecule has 0 aromatic carbocycles. The van der Waals surface area contributed by atoms with Gasteiger partial charge < -0.3 is 15.4 Å².